The molecular formula is C26H31N3O4. The summed E-state index contributed by atoms with van der Waals surface area (Å²) in [6.45, 7) is 2.66. The fourth-order valence-corrected chi connectivity index (χ4v) is 3.55. The number of carbonyl (C=O) groups excluding carboxylic acids is 3. The smallest absolute Gasteiger partial charge is 0.408 e. The number of benzene rings is 2. The SMILES string of the molecule is Cc1ccc(C[C@H]2/C=C\C(=O)NCCCC[C@H](NC(=O)OCc3ccccc3)C(=O)N2)cc1. The van der Waals surface area contributed by atoms with Crippen LogP contribution in [0.15, 0.2) is 66.7 Å². The Morgan fingerprint density at radius 2 is 1.79 bits per heavy atom. The van der Waals surface area contributed by atoms with Crippen molar-refractivity contribution in [2.24, 2.45) is 0 Å². The first-order valence-electron chi connectivity index (χ1n) is 11.3. The van der Waals surface area contributed by atoms with Gasteiger partial charge in [-0.05, 0) is 43.7 Å². The van der Waals surface area contributed by atoms with Crippen molar-refractivity contribution >= 4 is 17.9 Å². The fraction of sp³-hybridized carbons (Fsp3) is 0.346. The molecule has 2 aromatic carbocycles. The van der Waals surface area contributed by atoms with E-state index in [1.54, 1.807) is 6.08 Å². The lowest BCUT2D eigenvalue weighted by atomic mass is 10.0. The van der Waals surface area contributed by atoms with Gasteiger partial charge in [-0.3, -0.25) is 9.59 Å². The second kappa shape index (κ2) is 12.4. The largest absolute Gasteiger partial charge is 0.445 e. The molecule has 7 heteroatoms. The summed E-state index contributed by atoms with van der Waals surface area (Å²) in [6, 6.07) is 16.3. The van der Waals surface area contributed by atoms with E-state index in [9.17, 15) is 14.4 Å². The molecule has 3 N–H and O–H groups in total. The van der Waals surface area contributed by atoms with E-state index in [0.717, 1.165) is 16.7 Å². The highest BCUT2D eigenvalue weighted by Gasteiger charge is 2.23. The van der Waals surface area contributed by atoms with Crippen LogP contribution >= 0.6 is 0 Å². The Bertz CT molecular complexity index is 957. The Balaban J connectivity index is 1.66. The molecule has 3 rings (SSSR count). The van der Waals surface area contributed by atoms with Crippen LogP contribution in [0.4, 0.5) is 4.79 Å². The minimum Gasteiger partial charge on any atom is -0.445 e. The van der Waals surface area contributed by atoms with Crippen LogP contribution in [-0.2, 0) is 27.4 Å². The lowest BCUT2D eigenvalue weighted by Crippen LogP contribution is -2.50. The standard InChI is InChI=1S/C26H31N3O4/c1-19-10-12-20(13-11-19)17-22-14-15-24(30)27-16-6-5-9-23(25(31)28-22)29-26(32)33-18-21-7-3-2-4-8-21/h2-4,7-8,10-15,22-23H,5-6,9,16-18H2,1H3,(H,27,30)(H,28,31)(H,29,32)/b15-14-/t22-,23+/m1/s1. The average molecular weight is 450 g/mol. The third-order valence-electron chi connectivity index (χ3n) is 5.42. The Hall–Kier alpha value is -3.61. The zero-order valence-corrected chi connectivity index (χ0v) is 18.9. The first kappa shape index (κ1) is 24.0. The summed E-state index contributed by atoms with van der Waals surface area (Å²) in [5.74, 6) is -0.479. The monoisotopic (exact) mass is 449 g/mol. The van der Waals surface area contributed by atoms with E-state index < -0.39 is 18.2 Å². The highest BCUT2D eigenvalue weighted by molar-refractivity contribution is 5.88. The van der Waals surface area contributed by atoms with Gasteiger partial charge in [-0.15, -0.1) is 0 Å². The summed E-state index contributed by atoms with van der Waals surface area (Å²) in [6.07, 6.45) is 4.87. The lowest BCUT2D eigenvalue weighted by molar-refractivity contribution is -0.124. The predicted octanol–water partition coefficient (Wildman–Crippen LogP) is 3.17. The van der Waals surface area contributed by atoms with Crippen molar-refractivity contribution in [1.82, 2.24) is 16.0 Å². The second-order valence-corrected chi connectivity index (χ2v) is 8.21. The van der Waals surface area contributed by atoms with Gasteiger partial charge in [0.15, 0.2) is 0 Å². The molecule has 3 amide bonds. The third kappa shape index (κ3) is 8.44. The van der Waals surface area contributed by atoms with Crippen molar-refractivity contribution in [3.05, 3.63) is 83.4 Å². The maximum Gasteiger partial charge on any atom is 0.408 e. The Morgan fingerprint density at radius 3 is 2.55 bits per heavy atom. The molecule has 2 aromatic rings. The molecule has 33 heavy (non-hydrogen) atoms. The molecule has 1 aliphatic rings. The van der Waals surface area contributed by atoms with Crippen LogP contribution in [-0.4, -0.2) is 36.5 Å². The molecule has 0 saturated carbocycles. The molecule has 0 aromatic heterocycles. The maximum absolute atomic E-state index is 13.1. The topological polar surface area (TPSA) is 96.5 Å². The van der Waals surface area contributed by atoms with Gasteiger partial charge in [-0.25, -0.2) is 4.79 Å². The van der Waals surface area contributed by atoms with Crippen molar-refractivity contribution in [2.75, 3.05) is 6.54 Å². The van der Waals surface area contributed by atoms with E-state index in [4.69, 9.17) is 4.74 Å². The zero-order chi connectivity index (χ0) is 23.5. The van der Waals surface area contributed by atoms with E-state index in [1.165, 1.54) is 6.08 Å². The van der Waals surface area contributed by atoms with E-state index in [-0.39, 0.29) is 18.4 Å². The quantitative estimate of drug-likeness (QED) is 0.653. The first-order valence-corrected chi connectivity index (χ1v) is 11.3. The molecule has 0 bridgehead atoms. The number of amides is 3. The predicted molar refractivity (Wildman–Crippen MR) is 126 cm³/mol. The molecule has 0 fully saturated rings. The molecule has 0 aliphatic carbocycles. The molecule has 0 radical (unpaired) electrons. The van der Waals surface area contributed by atoms with Crippen molar-refractivity contribution in [3.8, 4) is 0 Å². The molecule has 1 heterocycles. The Labute approximate surface area is 194 Å². The highest BCUT2D eigenvalue weighted by atomic mass is 16.5. The van der Waals surface area contributed by atoms with Crippen molar-refractivity contribution in [2.45, 2.75) is 51.3 Å². The van der Waals surface area contributed by atoms with Gasteiger partial charge in [-0.1, -0.05) is 66.2 Å². The van der Waals surface area contributed by atoms with Gasteiger partial charge in [0.2, 0.25) is 11.8 Å². The highest BCUT2D eigenvalue weighted by Crippen LogP contribution is 2.10. The van der Waals surface area contributed by atoms with E-state index in [0.29, 0.717) is 32.2 Å². The lowest BCUT2D eigenvalue weighted by Gasteiger charge is -2.22. The molecular weight excluding hydrogens is 418 g/mol. The second-order valence-electron chi connectivity index (χ2n) is 8.21. The van der Waals surface area contributed by atoms with Crippen LogP contribution in [0.5, 0.6) is 0 Å². The molecule has 1 aliphatic heterocycles. The number of alkyl carbamates (subject to hydrolysis) is 1. The Morgan fingerprint density at radius 1 is 1.03 bits per heavy atom. The molecule has 7 nitrogen and oxygen atoms in total. The minimum atomic E-state index is -0.725. The van der Waals surface area contributed by atoms with Crippen LogP contribution in [0.1, 0.15) is 36.0 Å². The van der Waals surface area contributed by atoms with E-state index in [1.807, 2.05) is 61.5 Å². The minimum absolute atomic E-state index is 0.131. The van der Waals surface area contributed by atoms with Gasteiger partial charge in [0.05, 0.1) is 6.04 Å². The number of nitrogens with one attached hydrogen (secondary N) is 3. The molecule has 174 valence electrons. The van der Waals surface area contributed by atoms with Crippen molar-refractivity contribution < 1.29 is 19.1 Å². The van der Waals surface area contributed by atoms with Crippen molar-refractivity contribution in [1.29, 1.82) is 0 Å². The summed E-state index contributed by atoms with van der Waals surface area (Å²) in [5.41, 5.74) is 3.05. The van der Waals surface area contributed by atoms with Crippen LogP contribution in [0, 0.1) is 6.92 Å². The summed E-state index contributed by atoms with van der Waals surface area (Å²) in [4.78, 5) is 37.5. The van der Waals surface area contributed by atoms with Crippen LogP contribution in [0.2, 0.25) is 0 Å². The van der Waals surface area contributed by atoms with Crippen LogP contribution in [0.25, 0.3) is 0 Å². The summed E-state index contributed by atoms with van der Waals surface area (Å²) >= 11 is 0. The number of hydrogen-bond acceptors (Lipinski definition) is 4. The number of carbonyl (C=O) groups is 3. The van der Waals surface area contributed by atoms with Gasteiger partial charge in [-0.2, -0.15) is 0 Å². The summed E-state index contributed by atoms with van der Waals surface area (Å²) in [5, 5.41) is 8.53. The van der Waals surface area contributed by atoms with E-state index >= 15 is 0 Å². The molecule has 0 unspecified atom stereocenters. The van der Waals surface area contributed by atoms with Gasteiger partial charge in [0.1, 0.15) is 12.6 Å². The number of ether oxygens (including phenoxy) is 1. The Kier molecular flexibility index (Phi) is 9.06. The van der Waals surface area contributed by atoms with Crippen molar-refractivity contribution in [3.63, 3.8) is 0 Å². The number of hydrogen-bond donors (Lipinski definition) is 3. The first-order chi connectivity index (χ1) is 16.0. The van der Waals surface area contributed by atoms with E-state index in [2.05, 4.69) is 16.0 Å². The van der Waals surface area contributed by atoms with Gasteiger partial charge in [0.25, 0.3) is 0 Å². The van der Waals surface area contributed by atoms with Crippen LogP contribution in [0.3, 0.4) is 0 Å². The number of rotatable bonds is 5. The molecule has 2 atom stereocenters. The zero-order valence-electron chi connectivity index (χ0n) is 18.9. The summed E-state index contributed by atoms with van der Waals surface area (Å²) < 4.78 is 5.30. The van der Waals surface area contributed by atoms with Gasteiger partial charge < -0.3 is 20.7 Å². The fourth-order valence-electron chi connectivity index (χ4n) is 3.55. The van der Waals surface area contributed by atoms with Gasteiger partial charge >= 0.3 is 6.09 Å². The number of aryl methyl sites for hydroxylation is 1. The summed E-state index contributed by atoms with van der Waals surface area (Å²) in [7, 11) is 0. The third-order valence-corrected chi connectivity index (χ3v) is 5.42. The van der Waals surface area contributed by atoms with Crippen LogP contribution < -0.4 is 16.0 Å². The normalized spacial score (nSPS) is 20.4. The maximum atomic E-state index is 13.1. The van der Waals surface area contributed by atoms with Gasteiger partial charge in [0, 0.05) is 12.6 Å². The molecule has 0 saturated heterocycles. The average Bonchev–Trinajstić information content (AvgIpc) is 2.81. The molecule has 0 spiro atoms.